The molecule has 8 nitrogen and oxygen atoms in total. The van der Waals surface area contributed by atoms with Crippen LogP contribution in [-0.4, -0.2) is 68.3 Å². The van der Waals surface area contributed by atoms with E-state index in [1.165, 1.54) is 0 Å². The molecule has 0 spiro atoms. The van der Waals surface area contributed by atoms with Gasteiger partial charge in [-0.2, -0.15) is 5.10 Å². The largest absolute Gasteiger partial charge is 0.353 e. The number of fused-ring (bicyclic) bond motifs is 2. The fourth-order valence-corrected chi connectivity index (χ4v) is 4.26. The molecule has 1 saturated heterocycles. The van der Waals surface area contributed by atoms with Crippen molar-refractivity contribution in [3.63, 3.8) is 0 Å². The highest BCUT2D eigenvalue weighted by molar-refractivity contribution is 6.00. The van der Waals surface area contributed by atoms with Crippen LogP contribution in [0.1, 0.15) is 0 Å². The molecule has 0 saturated carbocycles. The Hall–Kier alpha value is -3.78. The number of piperazine rings is 1. The summed E-state index contributed by atoms with van der Waals surface area (Å²) in [4.78, 5) is 21.6. The quantitative estimate of drug-likeness (QED) is 0.474. The molecule has 5 aromatic rings. The number of nitrogens with zero attached hydrogens (tertiary/aromatic N) is 6. The van der Waals surface area contributed by atoms with Crippen molar-refractivity contribution in [2.24, 2.45) is 0 Å². The Morgan fingerprint density at radius 1 is 0.871 bits per heavy atom. The number of hydrogen-bond donors (Lipinski definition) is 2. The maximum atomic E-state index is 4.71. The van der Waals surface area contributed by atoms with Crippen LogP contribution in [0.3, 0.4) is 0 Å². The van der Waals surface area contributed by atoms with Gasteiger partial charge in [-0.3, -0.25) is 15.1 Å². The second-order valence-electron chi connectivity index (χ2n) is 7.99. The minimum atomic E-state index is 0.842. The van der Waals surface area contributed by atoms with Crippen LogP contribution in [0.2, 0.25) is 0 Å². The van der Waals surface area contributed by atoms with E-state index in [4.69, 9.17) is 4.98 Å². The Balaban J connectivity index is 1.44. The van der Waals surface area contributed by atoms with Gasteiger partial charge in [-0.1, -0.05) is 6.07 Å². The molecule has 0 unspecified atom stereocenters. The van der Waals surface area contributed by atoms with Crippen LogP contribution in [0.4, 0.5) is 5.82 Å². The Kier molecular flexibility index (Phi) is 4.17. The summed E-state index contributed by atoms with van der Waals surface area (Å²) >= 11 is 0. The van der Waals surface area contributed by atoms with Gasteiger partial charge in [0.25, 0.3) is 0 Å². The molecule has 0 bridgehead atoms. The zero-order chi connectivity index (χ0) is 20.8. The van der Waals surface area contributed by atoms with Crippen LogP contribution >= 0.6 is 0 Å². The van der Waals surface area contributed by atoms with Gasteiger partial charge in [0.1, 0.15) is 11.5 Å². The predicted octanol–water partition coefficient (Wildman–Crippen LogP) is 3.32. The summed E-state index contributed by atoms with van der Waals surface area (Å²) in [7, 11) is 2.16. The number of pyridine rings is 1. The standard InChI is InChI=1S/C23H22N8/c1-30-8-10-31(11-9-30)23-17-13-20(27-18(17)4-5-26-23)22-16-12-15(2-3-19(16)28-29-22)21-14-24-6-7-25-21/h2-7,12-14,27H,8-11H2,1H3,(H,28,29). The molecule has 0 atom stereocenters. The minimum absolute atomic E-state index is 0.842. The molecule has 154 valence electrons. The summed E-state index contributed by atoms with van der Waals surface area (Å²) in [5, 5.41) is 9.94. The first-order chi connectivity index (χ1) is 15.3. The van der Waals surface area contributed by atoms with Crippen molar-refractivity contribution < 1.29 is 0 Å². The lowest BCUT2D eigenvalue weighted by Crippen LogP contribution is -2.44. The average Bonchev–Trinajstić information content (AvgIpc) is 3.43. The van der Waals surface area contributed by atoms with E-state index in [0.717, 1.165) is 76.4 Å². The van der Waals surface area contributed by atoms with E-state index in [9.17, 15) is 0 Å². The lowest BCUT2D eigenvalue weighted by Gasteiger charge is -2.33. The van der Waals surface area contributed by atoms with Crippen LogP contribution in [0.15, 0.2) is 55.1 Å². The van der Waals surface area contributed by atoms with Crippen molar-refractivity contribution in [3.8, 4) is 22.6 Å². The third-order valence-electron chi connectivity index (χ3n) is 6.01. The fraction of sp³-hybridized carbons (Fsp3) is 0.217. The first-order valence-electron chi connectivity index (χ1n) is 10.4. The molecule has 1 aromatic carbocycles. The van der Waals surface area contributed by atoms with Crippen molar-refractivity contribution in [1.82, 2.24) is 35.0 Å². The summed E-state index contributed by atoms with van der Waals surface area (Å²) in [6.07, 6.45) is 7.05. The number of anilines is 1. The molecule has 0 radical (unpaired) electrons. The van der Waals surface area contributed by atoms with Crippen LogP contribution in [0.25, 0.3) is 44.5 Å². The lowest BCUT2D eigenvalue weighted by atomic mass is 10.1. The molecule has 31 heavy (non-hydrogen) atoms. The van der Waals surface area contributed by atoms with Crippen molar-refractivity contribution in [3.05, 3.63) is 55.1 Å². The summed E-state index contributed by atoms with van der Waals surface area (Å²) in [5.74, 6) is 1.04. The topological polar surface area (TPSA) is 89.6 Å². The Morgan fingerprint density at radius 2 is 1.77 bits per heavy atom. The van der Waals surface area contributed by atoms with Gasteiger partial charge in [0.2, 0.25) is 0 Å². The minimum Gasteiger partial charge on any atom is -0.353 e. The smallest absolute Gasteiger partial charge is 0.138 e. The molecule has 2 N–H and O–H groups in total. The van der Waals surface area contributed by atoms with E-state index < -0.39 is 0 Å². The van der Waals surface area contributed by atoms with Crippen LogP contribution in [0, 0.1) is 0 Å². The molecule has 0 amide bonds. The summed E-state index contributed by atoms with van der Waals surface area (Å²) in [6, 6.07) is 10.4. The Labute approximate surface area is 179 Å². The van der Waals surface area contributed by atoms with Crippen LogP contribution < -0.4 is 4.90 Å². The molecule has 1 aliphatic heterocycles. The zero-order valence-corrected chi connectivity index (χ0v) is 17.2. The number of likely N-dealkylation sites (N-methyl/N-ethyl adjacent to an activating group) is 1. The molecule has 1 fully saturated rings. The van der Waals surface area contributed by atoms with Gasteiger partial charge in [-0.25, -0.2) is 4.98 Å². The molecule has 5 heterocycles. The SMILES string of the molecule is CN1CCN(c2nccc3[nH]c(-c4n[nH]c5ccc(-c6cnccn6)cc45)cc23)CC1. The molecule has 4 aromatic heterocycles. The predicted molar refractivity (Wildman–Crippen MR) is 122 cm³/mol. The van der Waals surface area contributed by atoms with E-state index in [2.05, 4.69) is 54.1 Å². The Bertz CT molecular complexity index is 1360. The maximum absolute atomic E-state index is 4.71. The Morgan fingerprint density at radius 3 is 2.61 bits per heavy atom. The molecule has 0 aliphatic carbocycles. The van der Waals surface area contributed by atoms with Crippen molar-refractivity contribution in [1.29, 1.82) is 0 Å². The highest BCUT2D eigenvalue weighted by atomic mass is 15.3. The average molecular weight is 410 g/mol. The van der Waals surface area contributed by atoms with Crippen molar-refractivity contribution >= 4 is 27.6 Å². The monoisotopic (exact) mass is 410 g/mol. The molecule has 1 aliphatic rings. The van der Waals surface area contributed by atoms with E-state index in [0.29, 0.717) is 0 Å². The summed E-state index contributed by atoms with van der Waals surface area (Å²) in [6.45, 7) is 4.06. The lowest BCUT2D eigenvalue weighted by molar-refractivity contribution is 0.312. The number of hydrogen-bond acceptors (Lipinski definition) is 6. The number of nitrogens with one attached hydrogen (secondary N) is 2. The van der Waals surface area contributed by atoms with Gasteiger partial charge in [0.15, 0.2) is 0 Å². The third-order valence-corrected chi connectivity index (χ3v) is 6.01. The number of benzene rings is 1. The van der Waals surface area contributed by atoms with E-state index in [1.54, 1.807) is 18.6 Å². The number of H-pyrrole nitrogens is 2. The summed E-state index contributed by atoms with van der Waals surface area (Å²) < 4.78 is 0. The van der Waals surface area contributed by atoms with Crippen molar-refractivity contribution in [2.45, 2.75) is 0 Å². The first-order valence-corrected chi connectivity index (χ1v) is 10.4. The number of aromatic amines is 2. The van der Waals surface area contributed by atoms with E-state index in [-0.39, 0.29) is 0 Å². The van der Waals surface area contributed by atoms with Gasteiger partial charge in [0.05, 0.1) is 28.6 Å². The van der Waals surface area contributed by atoms with Gasteiger partial charge in [-0.05, 0) is 31.3 Å². The van der Waals surface area contributed by atoms with Gasteiger partial charge in [-0.15, -0.1) is 0 Å². The van der Waals surface area contributed by atoms with Crippen LogP contribution in [-0.2, 0) is 0 Å². The number of aromatic nitrogens is 6. The molecule has 6 rings (SSSR count). The maximum Gasteiger partial charge on any atom is 0.138 e. The van der Waals surface area contributed by atoms with Gasteiger partial charge in [0, 0.05) is 61.1 Å². The second-order valence-corrected chi connectivity index (χ2v) is 7.99. The molecule has 8 heteroatoms. The molecular formula is C23H22N8. The van der Waals surface area contributed by atoms with E-state index in [1.807, 2.05) is 24.4 Å². The normalized spacial score (nSPS) is 15.2. The van der Waals surface area contributed by atoms with E-state index >= 15 is 0 Å². The highest BCUT2D eigenvalue weighted by Gasteiger charge is 2.20. The fourth-order valence-electron chi connectivity index (χ4n) is 4.26. The summed E-state index contributed by atoms with van der Waals surface area (Å²) in [5.41, 5.74) is 5.77. The third kappa shape index (κ3) is 3.12. The van der Waals surface area contributed by atoms with Gasteiger partial charge < -0.3 is 14.8 Å². The van der Waals surface area contributed by atoms with Gasteiger partial charge >= 0.3 is 0 Å². The first kappa shape index (κ1) is 18.0. The highest BCUT2D eigenvalue weighted by Crippen LogP contribution is 2.33. The van der Waals surface area contributed by atoms with Crippen LogP contribution in [0.5, 0.6) is 0 Å². The number of rotatable bonds is 3. The zero-order valence-electron chi connectivity index (χ0n) is 17.2. The van der Waals surface area contributed by atoms with Crippen molar-refractivity contribution in [2.75, 3.05) is 38.1 Å². The second kappa shape index (κ2) is 7.17. The molecular weight excluding hydrogens is 388 g/mol.